The van der Waals surface area contributed by atoms with Crippen molar-refractivity contribution in [1.82, 2.24) is 0 Å². The van der Waals surface area contributed by atoms with Gasteiger partial charge in [0, 0.05) is 22.7 Å². The molecule has 0 radical (unpaired) electrons. The van der Waals surface area contributed by atoms with Gasteiger partial charge in [-0.1, -0.05) is 194 Å². The van der Waals surface area contributed by atoms with E-state index in [4.69, 9.17) is 0 Å². The second kappa shape index (κ2) is 15.9. The molecule has 0 bridgehead atoms. The molecule has 0 aliphatic carbocycles. The normalized spacial score (nSPS) is 14.0. The molecule has 2 heterocycles. The Balaban J connectivity index is 0.986. The lowest BCUT2D eigenvalue weighted by Crippen LogP contribution is -2.58. The minimum Gasteiger partial charge on any atom is -0.314 e. The maximum absolute atomic E-state index is 2.63. The molecule has 0 aromatic heterocycles. The molecule has 0 spiro atoms. The van der Waals surface area contributed by atoms with Crippen LogP contribution < -0.4 is 19.6 Å². The molecule has 16 rings (SSSR count). The van der Waals surface area contributed by atoms with Crippen LogP contribution in [0, 0.1) is 0 Å². The van der Waals surface area contributed by atoms with Gasteiger partial charge in [0.15, 0.2) is 12.3 Å². The average Bonchev–Trinajstić information content (AvgIpc) is 4.02. The Kier molecular flexibility index (Phi) is 8.83. The minimum absolute atomic E-state index is 0.324. The van der Waals surface area contributed by atoms with Crippen LogP contribution in [0.15, 0.2) is 267 Å². The van der Waals surface area contributed by atoms with Crippen LogP contribution in [-0.4, -0.2) is 12.3 Å². The van der Waals surface area contributed by atoms with E-state index in [0.29, 0.717) is 0 Å². The summed E-state index contributed by atoms with van der Waals surface area (Å²) in [5.74, 6) is 0. The van der Waals surface area contributed by atoms with Crippen LogP contribution >= 0.6 is 0 Å². The van der Waals surface area contributed by atoms with Crippen molar-refractivity contribution in [3.05, 3.63) is 267 Å². The third kappa shape index (κ3) is 6.09. The summed E-state index contributed by atoms with van der Waals surface area (Å²) in [6.45, 7) is 0. The fourth-order valence-electron chi connectivity index (χ4n) is 12.8. The molecule has 0 unspecified atom stereocenters. The molecule has 74 heavy (non-hydrogen) atoms. The Bertz CT molecular complexity index is 4050. The summed E-state index contributed by atoms with van der Waals surface area (Å²) in [5, 5.41) is 19.9. The topological polar surface area (TPSA) is 13.0 Å². The predicted molar refractivity (Wildman–Crippen MR) is 315 cm³/mol. The highest BCUT2D eigenvalue weighted by atomic mass is 15.5. The van der Waals surface area contributed by atoms with Gasteiger partial charge in [0.25, 0.3) is 0 Å². The Morgan fingerprint density at radius 3 is 0.635 bits per heavy atom. The monoisotopic (exact) mass is 942 g/mol. The standard InChI is InChI=1S/C70H46N4/c1-5-17-57-45(13-1)25-29-49-41-53(33-37-61(49)57)71-65-21-9-10-22-66(65)72(54-34-38-62-50(42-54)30-26-46-14-2-6-18-58(46)62)69(71)70-73(55-35-39-63-51(43-55)31-27-47-15-3-7-19-59(47)63)67-23-11-12-24-68(67)74(70)56-36-40-64-52(44-56)32-28-48-16-4-8-20-60(48)64/h1-44,69-70H. The van der Waals surface area contributed by atoms with Gasteiger partial charge < -0.3 is 19.6 Å². The van der Waals surface area contributed by atoms with Crippen molar-refractivity contribution >= 4 is 132 Å². The molecule has 4 heteroatoms. The van der Waals surface area contributed by atoms with Crippen molar-refractivity contribution in [2.45, 2.75) is 12.3 Å². The van der Waals surface area contributed by atoms with Crippen molar-refractivity contribution in [1.29, 1.82) is 0 Å². The SMILES string of the molecule is c1ccc2c(c1)N(c1ccc3c(ccc4ccccc43)c1)C(C1N(c3ccc4c(ccc5ccccc54)c3)c3ccccc3N1c1ccc3c(ccc4ccccc43)c1)N2c1ccc2c(ccc3ccccc32)c1. The zero-order valence-corrected chi connectivity index (χ0v) is 40.3. The van der Waals surface area contributed by atoms with Crippen molar-refractivity contribution in [3.8, 4) is 0 Å². The summed E-state index contributed by atoms with van der Waals surface area (Å²) in [5.41, 5.74) is 9.14. The van der Waals surface area contributed by atoms with Gasteiger partial charge in [0.1, 0.15) is 0 Å². The molecule has 0 saturated carbocycles. The van der Waals surface area contributed by atoms with Gasteiger partial charge in [-0.2, -0.15) is 0 Å². The lowest BCUT2D eigenvalue weighted by Gasteiger charge is -2.44. The third-order valence-corrected chi connectivity index (χ3v) is 16.2. The van der Waals surface area contributed by atoms with E-state index in [-0.39, 0.29) is 12.3 Å². The number of fused-ring (bicyclic) bond motifs is 14. The van der Waals surface area contributed by atoms with Crippen LogP contribution in [0.3, 0.4) is 0 Å². The second-order valence-corrected chi connectivity index (χ2v) is 20.1. The highest BCUT2D eigenvalue weighted by Gasteiger charge is 2.51. The van der Waals surface area contributed by atoms with Gasteiger partial charge in [-0.3, -0.25) is 0 Å². The van der Waals surface area contributed by atoms with Gasteiger partial charge in [-0.05, 0) is 159 Å². The van der Waals surface area contributed by atoms with Gasteiger partial charge >= 0.3 is 0 Å². The molecule has 0 amide bonds. The summed E-state index contributed by atoms with van der Waals surface area (Å²) < 4.78 is 0. The molecular formula is C70H46N4. The number of benzene rings is 14. The Hall–Kier alpha value is -9.64. The minimum atomic E-state index is -0.324. The van der Waals surface area contributed by atoms with E-state index in [1.165, 1.54) is 86.2 Å². The van der Waals surface area contributed by atoms with Crippen LogP contribution in [-0.2, 0) is 0 Å². The number of rotatable bonds is 5. The molecule has 0 saturated heterocycles. The lowest BCUT2D eigenvalue weighted by atomic mass is 10.00. The molecule has 14 aromatic rings. The first-order valence-corrected chi connectivity index (χ1v) is 25.7. The summed E-state index contributed by atoms with van der Waals surface area (Å²) in [7, 11) is 0. The summed E-state index contributed by atoms with van der Waals surface area (Å²) in [6, 6.07) is 99.8. The van der Waals surface area contributed by atoms with E-state index in [9.17, 15) is 0 Å². The molecule has 14 aromatic carbocycles. The zero-order chi connectivity index (χ0) is 48.4. The highest BCUT2D eigenvalue weighted by molar-refractivity contribution is 6.13. The van der Waals surface area contributed by atoms with E-state index in [0.717, 1.165) is 45.5 Å². The Morgan fingerprint density at radius 2 is 0.378 bits per heavy atom. The van der Waals surface area contributed by atoms with E-state index in [1.54, 1.807) is 0 Å². The Labute approximate surface area is 428 Å². The largest absolute Gasteiger partial charge is 0.314 e. The molecule has 0 atom stereocenters. The van der Waals surface area contributed by atoms with Crippen molar-refractivity contribution in [3.63, 3.8) is 0 Å². The summed E-state index contributed by atoms with van der Waals surface area (Å²) in [6.07, 6.45) is -0.648. The van der Waals surface area contributed by atoms with E-state index in [1.807, 2.05) is 0 Å². The molecule has 4 nitrogen and oxygen atoms in total. The zero-order valence-electron chi connectivity index (χ0n) is 40.3. The van der Waals surface area contributed by atoms with Gasteiger partial charge in [-0.25, -0.2) is 0 Å². The molecule has 0 N–H and O–H groups in total. The van der Waals surface area contributed by atoms with Crippen LogP contribution in [0.2, 0.25) is 0 Å². The predicted octanol–water partition coefficient (Wildman–Crippen LogP) is 18.8. The lowest BCUT2D eigenvalue weighted by molar-refractivity contribution is 0.550. The van der Waals surface area contributed by atoms with E-state index in [2.05, 4.69) is 287 Å². The summed E-state index contributed by atoms with van der Waals surface area (Å²) in [4.78, 5) is 10.5. The fraction of sp³-hybridized carbons (Fsp3) is 0.0286. The van der Waals surface area contributed by atoms with Crippen LogP contribution in [0.5, 0.6) is 0 Å². The third-order valence-electron chi connectivity index (χ3n) is 16.2. The fourth-order valence-corrected chi connectivity index (χ4v) is 12.8. The first kappa shape index (κ1) is 41.0. The first-order chi connectivity index (χ1) is 36.7. The van der Waals surface area contributed by atoms with Crippen molar-refractivity contribution < 1.29 is 0 Å². The molecule has 2 aliphatic rings. The number of anilines is 8. The molecular weight excluding hydrogens is 897 g/mol. The Morgan fingerprint density at radius 1 is 0.176 bits per heavy atom. The van der Waals surface area contributed by atoms with Crippen LogP contribution in [0.4, 0.5) is 45.5 Å². The quantitative estimate of drug-likeness (QED) is 0.159. The number of para-hydroxylation sites is 4. The summed E-state index contributed by atoms with van der Waals surface area (Å²) >= 11 is 0. The number of hydrogen-bond donors (Lipinski definition) is 0. The highest BCUT2D eigenvalue weighted by Crippen LogP contribution is 2.57. The van der Waals surface area contributed by atoms with E-state index >= 15 is 0 Å². The van der Waals surface area contributed by atoms with Gasteiger partial charge in [0.05, 0.1) is 22.7 Å². The number of nitrogens with zero attached hydrogens (tertiary/aromatic N) is 4. The smallest absolute Gasteiger partial charge is 0.151 e. The molecule has 0 fully saturated rings. The van der Waals surface area contributed by atoms with Crippen molar-refractivity contribution in [2.75, 3.05) is 19.6 Å². The van der Waals surface area contributed by atoms with Crippen LogP contribution in [0.1, 0.15) is 0 Å². The van der Waals surface area contributed by atoms with Gasteiger partial charge in [-0.15, -0.1) is 0 Å². The van der Waals surface area contributed by atoms with Crippen molar-refractivity contribution in [2.24, 2.45) is 0 Å². The van der Waals surface area contributed by atoms with Crippen LogP contribution in [0.25, 0.3) is 86.2 Å². The first-order valence-electron chi connectivity index (χ1n) is 25.7. The average molecular weight is 943 g/mol. The number of hydrogen-bond acceptors (Lipinski definition) is 4. The van der Waals surface area contributed by atoms with E-state index < -0.39 is 0 Å². The molecule has 2 aliphatic heterocycles. The maximum atomic E-state index is 2.63. The van der Waals surface area contributed by atoms with Gasteiger partial charge in [0.2, 0.25) is 0 Å². The molecule has 346 valence electrons. The second-order valence-electron chi connectivity index (χ2n) is 20.1. The maximum Gasteiger partial charge on any atom is 0.151 e.